The van der Waals surface area contributed by atoms with Crippen LogP contribution in [0.3, 0.4) is 0 Å². The number of nitro benzene ring substituents is 1. The molecule has 0 unspecified atom stereocenters. The molecule has 1 N–H and O–H groups in total. The van der Waals surface area contributed by atoms with Gasteiger partial charge < -0.3 is 9.73 Å². The molecule has 1 amide bonds. The normalized spacial score (nSPS) is 11.0. The Balaban J connectivity index is 1.65. The lowest BCUT2D eigenvalue weighted by atomic mass is 10.2. The minimum atomic E-state index is -0.637. The Bertz CT molecular complexity index is 1370. The Morgan fingerprint density at radius 2 is 1.90 bits per heavy atom. The molecule has 11 heteroatoms. The zero-order valence-corrected chi connectivity index (χ0v) is 16.8. The first-order chi connectivity index (χ1) is 14.9. The largest absolute Gasteiger partial charge is 0.467 e. The van der Waals surface area contributed by atoms with E-state index in [2.05, 4.69) is 5.32 Å². The van der Waals surface area contributed by atoms with E-state index in [9.17, 15) is 24.5 Å². The van der Waals surface area contributed by atoms with Gasteiger partial charge in [-0.25, -0.2) is 9.36 Å². The summed E-state index contributed by atoms with van der Waals surface area (Å²) >= 11 is 1.18. The highest BCUT2D eigenvalue weighted by atomic mass is 32.1. The van der Waals surface area contributed by atoms with Gasteiger partial charge >= 0.3 is 5.69 Å². The quantitative estimate of drug-likeness (QED) is 0.346. The van der Waals surface area contributed by atoms with Crippen molar-refractivity contribution >= 4 is 33.1 Å². The number of thiophene rings is 1. The number of aromatic nitrogens is 2. The van der Waals surface area contributed by atoms with Crippen molar-refractivity contribution in [2.75, 3.05) is 0 Å². The van der Waals surface area contributed by atoms with Gasteiger partial charge in [-0.15, -0.1) is 11.3 Å². The highest BCUT2D eigenvalue weighted by Gasteiger charge is 2.17. The van der Waals surface area contributed by atoms with Crippen molar-refractivity contribution in [3.05, 3.63) is 96.4 Å². The Morgan fingerprint density at radius 3 is 2.58 bits per heavy atom. The molecule has 3 aromatic heterocycles. The fourth-order valence-electron chi connectivity index (χ4n) is 3.13. The monoisotopic (exact) mass is 440 g/mol. The lowest BCUT2D eigenvalue weighted by molar-refractivity contribution is -0.384. The number of non-ortho nitro benzene ring substituents is 1. The van der Waals surface area contributed by atoms with E-state index in [0.717, 1.165) is 4.57 Å². The van der Waals surface area contributed by atoms with Crippen LogP contribution in [0.15, 0.2) is 68.1 Å². The number of benzene rings is 1. The average Bonchev–Trinajstić information content (AvgIpc) is 3.45. The third kappa shape index (κ3) is 4.16. The van der Waals surface area contributed by atoms with Crippen LogP contribution >= 0.6 is 11.3 Å². The van der Waals surface area contributed by atoms with Crippen LogP contribution in [-0.2, 0) is 24.4 Å². The number of nitrogens with zero attached hydrogens (tertiary/aromatic N) is 3. The summed E-state index contributed by atoms with van der Waals surface area (Å²) in [5.74, 6) is 0.0402. The Hall–Kier alpha value is -3.99. The number of rotatable bonds is 7. The molecule has 4 rings (SSSR count). The smallest absolute Gasteiger partial charge is 0.332 e. The zero-order chi connectivity index (χ0) is 22.0. The zero-order valence-electron chi connectivity index (χ0n) is 16.0. The molecule has 0 aliphatic carbocycles. The predicted octanol–water partition coefficient (Wildman–Crippen LogP) is 2.09. The van der Waals surface area contributed by atoms with Crippen LogP contribution < -0.4 is 16.6 Å². The second kappa shape index (κ2) is 8.40. The first kappa shape index (κ1) is 20.3. The Kier molecular flexibility index (Phi) is 5.50. The lowest BCUT2D eigenvalue weighted by Gasteiger charge is -2.12. The van der Waals surface area contributed by atoms with Crippen LogP contribution in [-0.4, -0.2) is 20.0 Å². The molecule has 3 heterocycles. The number of carbonyl (C=O) groups excluding carboxylic acids is 1. The molecule has 0 saturated heterocycles. The molecule has 0 spiro atoms. The molecule has 158 valence electrons. The molecule has 1 aromatic carbocycles. The van der Waals surface area contributed by atoms with Crippen molar-refractivity contribution in [3.8, 4) is 0 Å². The van der Waals surface area contributed by atoms with Crippen LogP contribution in [0.25, 0.3) is 10.2 Å². The number of carbonyl (C=O) groups is 1. The molecule has 0 atom stereocenters. The number of hydrogen-bond donors (Lipinski definition) is 1. The van der Waals surface area contributed by atoms with Gasteiger partial charge in [0.25, 0.3) is 11.2 Å². The first-order valence-electron chi connectivity index (χ1n) is 9.17. The molecular weight excluding hydrogens is 424 g/mol. The number of furan rings is 1. The van der Waals surface area contributed by atoms with Crippen molar-refractivity contribution in [2.45, 2.75) is 19.6 Å². The minimum absolute atomic E-state index is 0.0602. The molecule has 4 aromatic rings. The number of amides is 1. The van der Waals surface area contributed by atoms with Gasteiger partial charge in [-0.05, 0) is 29.1 Å². The summed E-state index contributed by atoms with van der Waals surface area (Å²) in [6.45, 7) is -0.205. The molecule has 0 aliphatic heterocycles. The van der Waals surface area contributed by atoms with Gasteiger partial charge in [0.15, 0.2) is 0 Å². The minimum Gasteiger partial charge on any atom is -0.467 e. The highest BCUT2D eigenvalue weighted by Crippen LogP contribution is 2.18. The van der Waals surface area contributed by atoms with Gasteiger partial charge in [0.1, 0.15) is 17.0 Å². The van der Waals surface area contributed by atoms with E-state index in [-0.39, 0.29) is 18.8 Å². The SMILES string of the molecule is O=C(Cn1c(=O)c2sccc2n(Cc2ccc([N+](=O)[O-])cc2)c1=O)NCc1ccco1. The van der Waals surface area contributed by atoms with Crippen molar-refractivity contribution in [1.29, 1.82) is 0 Å². The van der Waals surface area contributed by atoms with E-state index in [4.69, 9.17) is 4.42 Å². The van der Waals surface area contributed by atoms with Gasteiger partial charge in [0, 0.05) is 12.1 Å². The fraction of sp³-hybridized carbons (Fsp3) is 0.150. The molecule has 31 heavy (non-hydrogen) atoms. The van der Waals surface area contributed by atoms with Gasteiger partial charge in [-0.1, -0.05) is 12.1 Å². The summed E-state index contributed by atoms with van der Waals surface area (Å²) < 4.78 is 7.77. The number of fused-ring (bicyclic) bond motifs is 1. The van der Waals surface area contributed by atoms with Crippen LogP contribution in [0.2, 0.25) is 0 Å². The maximum Gasteiger partial charge on any atom is 0.332 e. The van der Waals surface area contributed by atoms with E-state index in [0.29, 0.717) is 21.5 Å². The molecular formula is C20H16N4O6S. The number of hydrogen-bond acceptors (Lipinski definition) is 7. The van der Waals surface area contributed by atoms with E-state index in [1.165, 1.54) is 34.3 Å². The number of nitrogens with one attached hydrogen (secondary N) is 1. The van der Waals surface area contributed by atoms with Gasteiger partial charge in [-0.2, -0.15) is 0 Å². The van der Waals surface area contributed by atoms with E-state index in [1.54, 1.807) is 35.7 Å². The summed E-state index contributed by atoms with van der Waals surface area (Å²) in [6, 6.07) is 10.8. The summed E-state index contributed by atoms with van der Waals surface area (Å²) in [7, 11) is 0. The summed E-state index contributed by atoms with van der Waals surface area (Å²) in [6.07, 6.45) is 1.48. The van der Waals surface area contributed by atoms with Gasteiger partial charge in [-0.3, -0.25) is 24.3 Å². The summed E-state index contributed by atoms with van der Waals surface area (Å²) in [5.41, 5.74) is -0.140. The van der Waals surface area contributed by atoms with Crippen molar-refractivity contribution in [2.24, 2.45) is 0 Å². The van der Waals surface area contributed by atoms with Crippen molar-refractivity contribution in [3.63, 3.8) is 0 Å². The number of nitro groups is 1. The van der Waals surface area contributed by atoms with Gasteiger partial charge in [0.2, 0.25) is 5.91 Å². The van der Waals surface area contributed by atoms with E-state index >= 15 is 0 Å². The first-order valence-corrected chi connectivity index (χ1v) is 10.1. The highest BCUT2D eigenvalue weighted by molar-refractivity contribution is 7.17. The molecule has 0 fully saturated rings. The van der Waals surface area contributed by atoms with Crippen LogP contribution in [0.1, 0.15) is 11.3 Å². The second-order valence-electron chi connectivity index (χ2n) is 6.67. The van der Waals surface area contributed by atoms with Gasteiger partial charge in [0.05, 0.1) is 29.8 Å². The predicted molar refractivity (Wildman–Crippen MR) is 113 cm³/mol. The Morgan fingerprint density at radius 1 is 1.13 bits per heavy atom. The third-order valence-corrected chi connectivity index (χ3v) is 5.56. The molecule has 0 saturated carbocycles. The summed E-state index contributed by atoms with van der Waals surface area (Å²) in [5, 5.41) is 15.2. The average molecular weight is 440 g/mol. The maximum atomic E-state index is 13.1. The molecule has 0 radical (unpaired) electrons. The van der Waals surface area contributed by atoms with Crippen molar-refractivity contribution < 1.29 is 14.1 Å². The third-order valence-electron chi connectivity index (χ3n) is 4.67. The second-order valence-corrected chi connectivity index (χ2v) is 7.59. The molecule has 10 nitrogen and oxygen atoms in total. The lowest BCUT2D eigenvalue weighted by Crippen LogP contribution is -2.43. The molecule has 0 aliphatic rings. The molecule has 0 bridgehead atoms. The summed E-state index contributed by atoms with van der Waals surface area (Å²) in [4.78, 5) is 48.5. The van der Waals surface area contributed by atoms with E-state index < -0.39 is 28.6 Å². The maximum absolute atomic E-state index is 13.1. The topological polar surface area (TPSA) is 129 Å². The standard InChI is InChI=1S/C20H16N4O6S/c25-17(21-10-15-2-1-8-30-15)12-23-19(26)18-16(7-9-31-18)22(20(23)27)11-13-3-5-14(6-4-13)24(28)29/h1-9H,10-12H2,(H,21,25). The fourth-order valence-corrected chi connectivity index (χ4v) is 3.97. The van der Waals surface area contributed by atoms with Crippen LogP contribution in [0, 0.1) is 10.1 Å². The van der Waals surface area contributed by atoms with E-state index in [1.807, 2.05) is 0 Å². The Labute approximate surface area is 178 Å². The van der Waals surface area contributed by atoms with Crippen LogP contribution in [0.5, 0.6) is 0 Å². The van der Waals surface area contributed by atoms with Crippen LogP contribution in [0.4, 0.5) is 5.69 Å². The van der Waals surface area contributed by atoms with Crippen molar-refractivity contribution in [1.82, 2.24) is 14.5 Å².